The molecule has 1 aliphatic heterocycles. The summed E-state index contributed by atoms with van der Waals surface area (Å²) in [5, 5.41) is 0. The molecule has 1 heterocycles. The van der Waals surface area contributed by atoms with Gasteiger partial charge in [-0.2, -0.15) is 0 Å². The van der Waals surface area contributed by atoms with E-state index < -0.39 is 0 Å². The number of piperazine rings is 1. The number of likely N-dealkylation sites (N-methyl/N-ethyl adjacent to an activating group) is 1. The van der Waals surface area contributed by atoms with Crippen LogP contribution in [0.2, 0.25) is 0 Å². The van der Waals surface area contributed by atoms with Crippen molar-refractivity contribution in [3.8, 4) is 0 Å². The first-order valence-electron chi connectivity index (χ1n) is 7.89. The van der Waals surface area contributed by atoms with E-state index in [0.717, 1.165) is 13.2 Å². The number of hydrogen-bond donors (Lipinski definition) is 0. The summed E-state index contributed by atoms with van der Waals surface area (Å²) in [5.74, 6) is 0. The zero-order valence-electron chi connectivity index (χ0n) is 13.1. The Balaban J connectivity index is 0.00000137. The van der Waals surface area contributed by atoms with Gasteiger partial charge < -0.3 is 14.5 Å². The van der Waals surface area contributed by atoms with E-state index in [1.807, 2.05) is 13.8 Å². The van der Waals surface area contributed by atoms with E-state index >= 15 is 0 Å². The van der Waals surface area contributed by atoms with Crippen LogP contribution in [0.25, 0.3) is 0 Å². The first-order chi connectivity index (χ1) is 8.86. The summed E-state index contributed by atoms with van der Waals surface area (Å²) in [4.78, 5) is 5.14. The number of hydrogen-bond acceptors (Lipinski definition) is 3. The van der Waals surface area contributed by atoms with Gasteiger partial charge in [-0.25, -0.2) is 0 Å². The first kappa shape index (κ1) is 17.9. The smallest absolute Gasteiger partial charge is 0.0465 e. The van der Waals surface area contributed by atoms with Gasteiger partial charge in [0.2, 0.25) is 0 Å². The van der Waals surface area contributed by atoms with E-state index in [9.17, 15) is 0 Å². The quantitative estimate of drug-likeness (QED) is 0.623. The van der Waals surface area contributed by atoms with Crippen LogP contribution in [0.1, 0.15) is 47.0 Å². The standard InChI is InChI=1S/C13H28N2O.C2H6/c1-3-14-9-11-15(12-10-14)8-6-5-7-13-16-4-2;1-2/h3-13H2,1-2H3;1-2H3. The second kappa shape index (κ2) is 13.3. The number of unbranched alkanes of at least 4 members (excludes halogenated alkanes) is 2. The van der Waals surface area contributed by atoms with E-state index in [1.54, 1.807) is 0 Å². The van der Waals surface area contributed by atoms with E-state index in [-0.39, 0.29) is 0 Å². The van der Waals surface area contributed by atoms with Gasteiger partial charge in [-0.05, 0) is 39.3 Å². The minimum atomic E-state index is 0.860. The molecule has 0 atom stereocenters. The summed E-state index contributed by atoms with van der Waals surface area (Å²) in [6, 6.07) is 0. The third kappa shape index (κ3) is 8.90. The molecule has 3 heteroatoms. The van der Waals surface area contributed by atoms with Crippen LogP contribution >= 0.6 is 0 Å². The Labute approximate surface area is 114 Å². The lowest BCUT2D eigenvalue weighted by Crippen LogP contribution is -2.46. The molecule has 0 bridgehead atoms. The van der Waals surface area contributed by atoms with Crippen molar-refractivity contribution < 1.29 is 4.74 Å². The largest absolute Gasteiger partial charge is 0.382 e. The van der Waals surface area contributed by atoms with Gasteiger partial charge >= 0.3 is 0 Å². The maximum Gasteiger partial charge on any atom is 0.0465 e. The molecule has 1 saturated heterocycles. The number of nitrogens with zero attached hydrogens (tertiary/aromatic N) is 2. The lowest BCUT2D eigenvalue weighted by molar-refractivity contribution is 0.128. The summed E-state index contributed by atoms with van der Waals surface area (Å²) in [6.07, 6.45) is 3.87. The van der Waals surface area contributed by atoms with Crippen LogP contribution < -0.4 is 0 Å². The highest BCUT2D eigenvalue weighted by molar-refractivity contribution is 4.70. The van der Waals surface area contributed by atoms with Crippen LogP contribution in [0.15, 0.2) is 0 Å². The maximum atomic E-state index is 5.33. The monoisotopic (exact) mass is 258 g/mol. The SMILES string of the molecule is CC.CCOCCCCCN1CCN(CC)CC1. The molecule has 0 N–H and O–H groups in total. The van der Waals surface area contributed by atoms with Gasteiger partial charge in [-0.1, -0.05) is 20.8 Å². The summed E-state index contributed by atoms with van der Waals surface area (Å²) < 4.78 is 5.33. The minimum Gasteiger partial charge on any atom is -0.382 e. The molecule has 0 spiro atoms. The van der Waals surface area contributed by atoms with E-state index in [0.29, 0.717) is 0 Å². The van der Waals surface area contributed by atoms with Crippen LogP contribution in [0, 0.1) is 0 Å². The van der Waals surface area contributed by atoms with Gasteiger partial charge in [0.25, 0.3) is 0 Å². The third-order valence-electron chi connectivity index (χ3n) is 3.38. The van der Waals surface area contributed by atoms with E-state index in [2.05, 4.69) is 23.6 Å². The van der Waals surface area contributed by atoms with Gasteiger partial charge in [0, 0.05) is 39.4 Å². The Morgan fingerprint density at radius 3 is 2.00 bits per heavy atom. The average molecular weight is 258 g/mol. The fraction of sp³-hybridized carbons (Fsp3) is 1.00. The molecule has 1 fully saturated rings. The second-order valence-corrected chi connectivity index (χ2v) is 4.53. The highest BCUT2D eigenvalue weighted by Crippen LogP contribution is 2.04. The molecule has 18 heavy (non-hydrogen) atoms. The Morgan fingerprint density at radius 1 is 0.833 bits per heavy atom. The molecule has 0 radical (unpaired) electrons. The highest BCUT2D eigenvalue weighted by atomic mass is 16.5. The predicted octanol–water partition coefficient (Wildman–Crippen LogP) is 2.86. The molecular formula is C15H34N2O. The third-order valence-corrected chi connectivity index (χ3v) is 3.38. The van der Waals surface area contributed by atoms with Crippen molar-refractivity contribution in [3.63, 3.8) is 0 Å². The van der Waals surface area contributed by atoms with Crippen molar-refractivity contribution in [2.45, 2.75) is 47.0 Å². The fourth-order valence-corrected chi connectivity index (χ4v) is 2.19. The zero-order valence-corrected chi connectivity index (χ0v) is 13.1. The molecule has 0 saturated carbocycles. The van der Waals surface area contributed by atoms with Crippen LogP contribution in [-0.2, 0) is 4.74 Å². The molecule has 0 aromatic heterocycles. The molecule has 0 aliphatic carbocycles. The Morgan fingerprint density at radius 2 is 1.44 bits per heavy atom. The summed E-state index contributed by atoms with van der Waals surface area (Å²) >= 11 is 0. The van der Waals surface area contributed by atoms with Crippen LogP contribution in [0.5, 0.6) is 0 Å². The Hall–Kier alpha value is -0.120. The van der Waals surface area contributed by atoms with Crippen LogP contribution in [-0.4, -0.2) is 62.3 Å². The molecule has 110 valence electrons. The lowest BCUT2D eigenvalue weighted by Gasteiger charge is -2.33. The molecule has 0 aromatic rings. The van der Waals surface area contributed by atoms with Gasteiger partial charge in [-0.15, -0.1) is 0 Å². The van der Waals surface area contributed by atoms with Gasteiger partial charge in [-0.3, -0.25) is 0 Å². The minimum absolute atomic E-state index is 0.860. The topological polar surface area (TPSA) is 15.7 Å². The average Bonchev–Trinajstić information content (AvgIpc) is 2.45. The molecule has 0 unspecified atom stereocenters. The molecule has 0 aromatic carbocycles. The van der Waals surface area contributed by atoms with Crippen molar-refractivity contribution in [3.05, 3.63) is 0 Å². The molecule has 1 aliphatic rings. The summed E-state index contributed by atoms with van der Waals surface area (Å²) in [5.41, 5.74) is 0. The fourth-order valence-electron chi connectivity index (χ4n) is 2.19. The van der Waals surface area contributed by atoms with Crippen molar-refractivity contribution >= 4 is 0 Å². The number of ether oxygens (including phenoxy) is 1. The van der Waals surface area contributed by atoms with Crippen molar-refractivity contribution in [1.29, 1.82) is 0 Å². The molecule has 3 nitrogen and oxygen atoms in total. The Kier molecular flexibility index (Phi) is 13.2. The maximum absolute atomic E-state index is 5.33. The van der Waals surface area contributed by atoms with Crippen molar-refractivity contribution in [1.82, 2.24) is 9.80 Å². The van der Waals surface area contributed by atoms with E-state index in [1.165, 1.54) is 58.5 Å². The van der Waals surface area contributed by atoms with Crippen LogP contribution in [0.3, 0.4) is 0 Å². The summed E-state index contributed by atoms with van der Waals surface area (Å²) in [6.45, 7) is 17.7. The predicted molar refractivity (Wildman–Crippen MR) is 80.2 cm³/mol. The lowest BCUT2D eigenvalue weighted by atomic mass is 10.2. The molecule has 1 rings (SSSR count). The van der Waals surface area contributed by atoms with Crippen molar-refractivity contribution in [2.24, 2.45) is 0 Å². The van der Waals surface area contributed by atoms with Gasteiger partial charge in [0.15, 0.2) is 0 Å². The van der Waals surface area contributed by atoms with Crippen molar-refractivity contribution in [2.75, 3.05) is 52.5 Å². The van der Waals surface area contributed by atoms with Crippen LogP contribution in [0.4, 0.5) is 0 Å². The highest BCUT2D eigenvalue weighted by Gasteiger charge is 2.14. The Bertz CT molecular complexity index is 157. The first-order valence-corrected chi connectivity index (χ1v) is 7.89. The molecular weight excluding hydrogens is 224 g/mol. The van der Waals surface area contributed by atoms with Gasteiger partial charge in [0.1, 0.15) is 0 Å². The second-order valence-electron chi connectivity index (χ2n) is 4.53. The summed E-state index contributed by atoms with van der Waals surface area (Å²) in [7, 11) is 0. The van der Waals surface area contributed by atoms with E-state index in [4.69, 9.17) is 4.74 Å². The zero-order chi connectivity index (χ0) is 13.6. The number of rotatable bonds is 8. The molecule has 0 amide bonds. The van der Waals surface area contributed by atoms with Gasteiger partial charge in [0.05, 0.1) is 0 Å². The normalized spacial score (nSPS) is 17.3.